The van der Waals surface area contributed by atoms with Crippen LogP contribution in [0.3, 0.4) is 0 Å². The Morgan fingerprint density at radius 1 is 1.39 bits per heavy atom. The second-order valence-corrected chi connectivity index (χ2v) is 4.98. The van der Waals surface area contributed by atoms with Crippen molar-refractivity contribution in [3.05, 3.63) is 24.0 Å². The SMILES string of the molecule is CCC(O)c1ccc(N2CCC(CO)CC2)cn1. The molecular weight excluding hydrogens is 228 g/mol. The summed E-state index contributed by atoms with van der Waals surface area (Å²) in [6, 6.07) is 3.93. The highest BCUT2D eigenvalue weighted by molar-refractivity contribution is 5.45. The average Bonchev–Trinajstić information content (AvgIpc) is 2.47. The van der Waals surface area contributed by atoms with Gasteiger partial charge in [0.2, 0.25) is 0 Å². The van der Waals surface area contributed by atoms with Gasteiger partial charge in [-0.05, 0) is 37.3 Å². The molecule has 1 unspecified atom stereocenters. The Hall–Kier alpha value is -1.13. The van der Waals surface area contributed by atoms with Gasteiger partial charge in [-0.25, -0.2) is 0 Å². The van der Waals surface area contributed by atoms with E-state index in [4.69, 9.17) is 5.11 Å². The maximum absolute atomic E-state index is 9.69. The molecule has 18 heavy (non-hydrogen) atoms. The summed E-state index contributed by atoms with van der Waals surface area (Å²) in [5.41, 5.74) is 1.85. The minimum Gasteiger partial charge on any atom is -0.396 e. The van der Waals surface area contributed by atoms with E-state index in [9.17, 15) is 5.11 Å². The minimum absolute atomic E-state index is 0.299. The fraction of sp³-hybridized carbons (Fsp3) is 0.643. The first-order valence-corrected chi connectivity index (χ1v) is 6.74. The van der Waals surface area contributed by atoms with Crippen LogP contribution in [0.1, 0.15) is 38.0 Å². The van der Waals surface area contributed by atoms with Crippen molar-refractivity contribution in [1.29, 1.82) is 0 Å². The van der Waals surface area contributed by atoms with Gasteiger partial charge in [-0.2, -0.15) is 0 Å². The number of aromatic nitrogens is 1. The Labute approximate surface area is 108 Å². The third-order valence-electron chi connectivity index (χ3n) is 3.74. The van der Waals surface area contributed by atoms with Gasteiger partial charge in [-0.3, -0.25) is 4.98 Å². The molecule has 2 rings (SSSR count). The lowest BCUT2D eigenvalue weighted by Crippen LogP contribution is -2.34. The first-order chi connectivity index (χ1) is 8.74. The maximum atomic E-state index is 9.69. The molecule has 0 spiro atoms. The van der Waals surface area contributed by atoms with Crippen LogP contribution in [-0.2, 0) is 0 Å². The topological polar surface area (TPSA) is 56.6 Å². The van der Waals surface area contributed by atoms with Crippen LogP contribution in [0.5, 0.6) is 0 Å². The molecule has 1 aromatic heterocycles. The molecule has 1 fully saturated rings. The summed E-state index contributed by atoms with van der Waals surface area (Å²) in [6.45, 7) is 4.19. The molecule has 0 aliphatic carbocycles. The van der Waals surface area contributed by atoms with Crippen molar-refractivity contribution in [2.45, 2.75) is 32.3 Å². The largest absolute Gasteiger partial charge is 0.396 e. The quantitative estimate of drug-likeness (QED) is 0.854. The standard InChI is InChI=1S/C14H22N2O2/c1-2-14(18)13-4-3-12(9-15-13)16-7-5-11(10-17)6-8-16/h3-4,9,11,14,17-18H,2,5-8,10H2,1H3. The highest BCUT2D eigenvalue weighted by Crippen LogP contribution is 2.23. The number of hydrogen-bond donors (Lipinski definition) is 2. The van der Waals surface area contributed by atoms with Gasteiger partial charge in [-0.15, -0.1) is 0 Å². The zero-order valence-electron chi connectivity index (χ0n) is 10.9. The van der Waals surface area contributed by atoms with Gasteiger partial charge < -0.3 is 15.1 Å². The number of piperidine rings is 1. The van der Waals surface area contributed by atoms with Gasteiger partial charge in [0.1, 0.15) is 0 Å². The molecule has 0 radical (unpaired) electrons. The van der Waals surface area contributed by atoms with Gasteiger partial charge in [0.15, 0.2) is 0 Å². The van der Waals surface area contributed by atoms with E-state index in [-0.39, 0.29) is 0 Å². The molecule has 0 amide bonds. The van der Waals surface area contributed by atoms with Crippen molar-refractivity contribution >= 4 is 5.69 Å². The van der Waals surface area contributed by atoms with E-state index in [2.05, 4.69) is 9.88 Å². The number of rotatable bonds is 4. The summed E-state index contributed by atoms with van der Waals surface area (Å²) in [5, 5.41) is 18.8. The molecular formula is C14H22N2O2. The monoisotopic (exact) mass is 250 g/mol. The number of hydrogen-bond acceptors (Lipinski definition) is 4. The van der Waals surface area contributed by atoms with Gasteiger partial charge in [0.25, 0.3) is 0 Å². The normalized spacial score (nSPS) is 18.9. The minimum atomic E-state index is -0.459. The van der Waals surface area contributed by atoms with E-state index in [1.54, 1.807) is 0 Å². The zero-order valence-corrected chi connectivity index (χ0v) is 10.9. The summed E-state index contributed by atoms with van der Waals surface area (Å²) >= 11 is 0. The van der Waals surface area contributed by atoms with Crippen molar-refractivity contribution in [2.24, 2.45) is 5.92 Å². The Kier molecular flexibility index (Phi) is 4.55. The zero-order chi connectivity index (χ0) is 13.0. The number of pyridine rings is 1. The summed E-state index contributed by atoms with van der Waals surface area (Å²) in [6.07, 6.45) is 4.15. The second kappa shape index (κ2) is 6.16. The third-order valence-corrected chi connectivity index (χ3v) is 3.74. The smallest absolute Gasteiger partial charge is 0.0957 e. The molecule has 4 nitrogen and oxygen atoms in total. The molecule has 1 atom stereocenters. The Morgan fingerprint density at radius 3 is 2.61 bits per heavy atom. The number of anilines is 1. The Bertz CT molecular complexity index is 359. The van der Waals surface area contributed by atoms with Crippen LogP contribution >= 0.6 is 0 Å². The number of aliphatic hydroxyl groups excluding tert-OH is 2. The molecule has 4 heteroatoms. The number of aliphatic hydroxyl groups is 2. The molecule has 2 N–H and O–H groups in total. The average molecular weight is 250 g/mol. The lowest BCUT2D eigenvalue weighted by molar-refractivity contribution is 0.169. The van der Waals surface area contributed by atoms with Crippen molar-refractivity contribution in [3.63, 3.8) is 0 Å². The fourth-order valence-electron chi connectivity index (χ4n) is 2.36. The molecule has 2 heterocycles. The van der Waals surface area contributed by atoms with Crippen molar-refractivity contribution in [1.82, 2.24) is 4.98 Å². The molecule has 0 aromatic carbocycles. The number of nitrogens with zero attached hydrogens (tertiary/aromatic N) is 2. The first-order valence-electron chi connectivity index (χ1n) is 6.74. The van der Waals surface area contributed by atoms with Gasteiger partial charge in [0, 0.05) is 19.7 Å². The van der Waals surface area contributed by atoms with E-state index in [0.29, 0.717) is 18.9 Å². The lowest BCUT2D eigenvalue weighted by atomic mass is 9.97. The van der Waals surface area contributed by atoms with E-state index in [1.807, 2.05) is 25.3 Å². The van der Waals surface area contributed by atoms with Crippen molar-refractivity contribution < 1.29 is 10.2 Å². The summed E-state index contributed by atoms with van der Waals surface area (Å²) in [4.78, 5) is 6.62. The van der Waals surface area contributed by atoms with Crippen LogP contribution in [-0.4, -0.2) is 34.9 Å². The summed E-state index contributed by atoms with van der Waals surface area (Å²) < 4.78 is 0. The highest BCUT2D eigenvalue weighted by Gasteiger charge is 2.19. The van der Waals surface area contributed by atoms with Crippen LogP contribution in [0, 0.1) is 5.92 Å². The Morgan fingerprint density at radius 2 is 2.11 bits per heavy atom. The van der Waals surface area contributed by atoms with E-state index in [1.165, 1.54) is 0 Å². The van der Waals surface area contributed by atoms with Crippen LogP contribution in [0.25, 0.3) is 0 Å². The van der Waals surface area contributed by atoms with Crippen LogP contribution in [0.4, 0.5) is 5.69 Å². The van der Waals surface area contributed by atoms with Crippen LogP contribution < -0.4 is 4.90 Å². The molecule has 1 aromatic rings. The molecule has 100 valence electrons. The lowest BCUT2D eigenvalue weighted by Gasteiger charge is -2.32. The van der Waals surface area contributed by atoms with Crippen molar-refractivity contribution in [3.8, 4) is 0 Å². The van der Waals surface area contributed by atoms with Gasteiger partial charge in [-0.1, -0.05) is 6.92 Å². The summed E-state index contributed by atoms with van der Waals surface area (Å²) in [5.74, 6) is 0.454. The molecule has 0 bridgehead atoms. The maximum Gasteiger partial charge on any atom is 0.0957 e. The fourth-order valence-corrected chi connectivity index (χ4v) is 2.36. The molecule has 1 aliphatic heterocycles. The van der Waals surface area contributed by atoms with E-state index >= 15 is 0 Å². The third kappa shape index (κ3) is 3.00. The highest BCUT2D eigenvalue weighted by atomic mass is 16.3. The molecule has 1 aliphatic rings. The predicted molar refractivity (Wildman–Crippen MR) is 71.5 cm³/mol. The van der Waals surface area contributed by atoms with Gasteiger partial charge in [0.05, 0.1) is 23.7 Å². The Balaban J connectivity index is 1.98. The van der Waals surface area contributed by atoms with Crippen molar-refractivity contribution in [2.75, 3.05) is 24.6 Å². The first kappa shape index (κ1) is 13.3. The molecule has 0 saturated carbocycles. The predicted octanol–water partition coefficient (Wildman–Crippen LogP) is 1.73. The van der Waals surface area contributed by atoms with Gasteiger partial charge >= 0.3 is 0 Å². The van der Waals surface area contributed by atoms with Crippen LogP contribution in [0.2, 0.25) is 0 Å². The second-order valence-electron chi connectivity index (χ2n) is 4.98. The molecule has 1 saturated heterocycles. The van der Waals surface area contributed by atoms with E-state index < -0.39 is 6.10 Å². The van der Waals surface area contributed by atoms with Crippen LogP contribution in [0.15, 0.2) is 18.3 Å². The van der Waals surface area contributed by atoms with E-state index in [0.717, 1.165) is 37.3 Å². The summed E-state index contributed by atoms with van der Waals surface area (Å²) in [7, 11) is 0.